The van der Waals surface area contributed by atoms with Gasteiger partial charge in [0.2, 0.25) is 0 Å². The summed E-state index contributed by atoms with van der Waals surface area (Å²) in [6, 6.07) is 12.7. The van der Waals surface area contributed by atoms with Crippen molar-refractivity contribution in [3.8, 4) is 11.1 Å². The molecule has 0 fully saturated rings. The van der Waals surface area contributed by atoms with E-state index >= 15 is 0 Å². The van der Waals surface area contributed by atoms with Crippen LogP contribution in [0.3, 0.4) is 0 Å². The first-order valence-corrected chi connectivity index (χ1v) is 8.14. The number of hydrogen-bond acceptors (Lipinski definition) is 3. The number of rotatable bonds is 4. The van der Waals surface area contributed by atoms with E-state index in [1.165, 1.54) is 6.26 Å². The van der Waals surface area contributed by atoms with Gasteiger partial charge in [0.1, 0.15) is 6.29 Å². The lowest BCUT2D eigenvalue weighted by Crippen LogP contribution is -1.97. The van der Waals surface area contributed by atoms with Crippen molar-refractivity contribution in [1.29, 1.82) is 0 Å². The fraction of sp³-hybridized carbons (Fsp3) is 0.188. The smallest absolute Gasteiger partial charge is 0.175 e. The molecule has 0 aliphatic rings. The minimum Gasteiger partial charge on any atom is -0.303 e. The van der Waals surface area contributed by atoms with E-state index in [2.05, 4.69) is 0 Å². The summed E-state index contributed by atoms with van der Waals surface area (Å²) < 4.78 is 22.9. The number of sulfone groups is 1. The minimum atomic E-state index is -3.19. The van der Waals surface area contributed by atoms with Crippen molar-refractivity contribution in [3.63, 3.8) is 0 Å². The molecule has 104 valence electrons. The van der Waals surface area contributed by atoms with Gasteiger partial charge in [0.15, 0.2) is 9.84 Å². The Hall–Kier alpha value is -1.94. The molecule has 0 aromatic heterocycles. The lowest BCUT2D eigenvalue weighted by molar-refractivity contribution is -0.107. The van der Waals surface area contributed by atoms with Crippen molar-refractivity contribution in [2.24, 2.45) is 0 Å². The van der Waals surface area contributed by atoms with Crippen LogP contribution in [-0.4, -0.2) is 21.0 Å². The molecule has 0 spiro atoms. The predicted octanol–water partition coefficient (Wildman–Crippen LogP) is 2.81. The van der Waals surface area contributed by atoms with Crippen LogP contribution in [0.2, 0.25) is 0 Å². The molecule has 0 N–H and O–H groups in total. The zero-order chi connectivity index (χ0) is 14.8. The molecule has 4 heteroatoms. The first kappa shape index (κ1) is 14.5. The number of aryl methyl sites for hydroxylation is 1. The molecule has 2 aromatic rings. The summed E-state index contributed by atoms with van der Waals surface area (Å²) in [5.74, 6) is 0. The summed E-state index contributed by atoms with van der Waals surface area (Å²) >= 11 is 0. The van der Waals surface area contributed by atoms with E-state index in [4.69, 9.17) is 0 Å². The van der Waals surface area contributed by atoms with Crippen LogP contribution in [0.15, 0.2) is 47.4 Å². The SMILES string of the molecule is Cc1ccc(CC=O)c(-c2ccc(S(C)(=O)=O)cc2)c1. The van der Waals surface area contributed by atoms with E-state index in [1.54, 1.807) is 24.3 Å². The van der Waals surface area contributed by atoms with E-state index in [1.807, 2.05) is 25.1 Å². The van der Waals surface area contributed by atoms with E-state index in [0.29, 0.717) is 11.3 Å². The average molecular weight is 288 g/mol. The third-order valence-corrected chi connectivity index (χ3v) is 4.29. The largest absolute Gasteiger partial charge is 0.303 e. The van der Waals surface area contributed by atoms with Crippen LogP contribution in [0.1, 0.15) is 11.1 Å². The Kier molecular flexibility index (Phi) is 4.04. The van der Waals surface area contributed by atoms with Crippen molar-refractivity contribution in [1.82, 2.24) is 0 Å². The first-order chi connectivity index (χ1) is 9.41. The molecule has 0 radical (unpaired) electrons. The fourth-order valence-electron chi connectivity index (χ4n) is 2.11. The predicted molar refractivity (Wildman–Crippen MR) is 79.5 cm³/mol. The summed E-state index contributed by atoms with van der Waals surface area (Å²) in [7, 11) is -3.19. The standard InChI is InChI=1S/C16H16O3S/c1-12-3-4-14(9-10-17)16(11-12)13-5-7-15(8-6-13)20(2,18)19/h3-8,10-11H,9H2,1-2H3. The third-order valence-electron chi connectivity index (χ3n) is 3.16. The molecule has 0 aliphatic heterocycles. The number of aldehydes is 1. The zero-order valence-electron chi connectivity index (χ0n) is 11.5. The van der Waals surface area contributed by atoms with Gasteiger partial charge in [0, 0.05) is 12.7 Å². The molecule has 0 aliphatic carbocycles. The number of benzene rings is 2. The quantitative estimate of drug-likeness (QED) is 0.813. The lowest BCUT2D eigenvalue weighted by Gasteiger charge is -2.09. The normalized spacial score (nSPS) is 11.3. The summed E-state index contributed by atoms with van der Waals surface area (Å²) in [4.78, 5) is 11.0. The summed E-state index contributed by atoms with van der Waals surface area (Å²) in [5.41, 5.74) is 3.93. The monoisotopic (exact) mass is 288 g/mol. The third kappa shape index (κ3) is 3.14. The summed E-state index contributed by atoms with van der Waals surface area (Å²) in [6.07, 6.45) is 2.41. The molecule has 2 rings (SSSR count). The van der Waals surface area contributed by atoms with Crippen LogP contribution in [-0.2, 0) is 21.1 Å². The molecule has 2 aromatic carbocycles. The molecule has 0 amide bonds. The highest BCUT2D eigenvalue weighted by atomic mass is 32.2. The number of carbonyl (C=O) groups is 1. The second-order valence-corrected chi connectivity index (χ2v) is 6.84. The van der Waals surface area contributed by atoms with Crippen molar-refractivity contribution in [3.05, 3.63) is 53.6 Å². The Morgan fingerprint density at radius 2 is 1.70 bits per heavy atom. The van der Waals surface area contributed by atoms with Crippen molar-refractivity contribution in [2.75, 3.05) is 6.26 Å². The van der Waals surface area contributed by atoms with Crippen LogP contribution >= 0.6 is 0 Å². The Balaban J connectivity index is 2.51. The maximum Gasteiger partial charge on any atom is 0.175 e. The Morgan fingerprint density at radius 3 is 2.25 bits per heavy atom. The van der Waals surface area contributed by atoms with Crippen LogP contribution < -0.4 is 0 Å². The van der Waals surface area contributed by atoms with Crippen molar-refractivity contribution >= 4 is 16.1 Å². The highest BCUT2D eigenvalue weighted by molar-refractivity contribution is 7.90. The van der Waals surface area contributed by atoms with Crippen LogP contribution in [0.5, 0.6) is 0 Å². The molecule has 20 heavy (non-hydrogen) atoms. The second kappa shape index (κ2) is 5.59. The number of hydrogen-bond donors (Lipinski definition) is 0. The molecular formula is C16H16O3S. The van der Waals surface area contributed by atoms with Crippen molar-refractivity contribution in [2.45, 2.75) is 18.2 Å². The molecule has 0 heterocycles. The van der Waals surface area contributed by atoms with E-state index < -0.39 is 9.84 Å². The van der Waals surface area contributed by atoms with E-state index in [0.717, 1.165) is 28.5 Å². The highest BCUT2D eigenvalue weighted by Gasteiger charge is 2.09. The Labute approximate surface area is 119 Å². The molecular weight excluding hydrogens is 272 g/mol. The highest BCUT2D eigenvalue weighted by Crippen LogP contribution is 2.26. The van der Waals surface area contributed by atoms with Gasteiger partial charge < -0.3 is 4.79 Å². The van der Waals surface area contributed by atoms with Gasteiger partial charge >= 0.3 is 0 Å². The molecule has 0 unspecified atom stereocenters. The Morgan fingerprint density at radius 1 is 1.05 bits per heavy atom. The second-order valence-electron chi connectivity index (χ2n) is 4.83. The molecule has 0 saturated carbocycles. The lowest BCUT2D eigenvalue weighted by atomic mass is 9.96. The van der Waals surface area contributed by atoms with Crippen molar-refractivity contribution < 1.29 is 13.2 Å². The van der Waals surface area contributed by atoms with Crippen LogP contribution in [0.4, 0.5) is 0 Å². The topological polar surface area (TPSA) is 51.2 Å². The van der Waals surface area contributed by atoms with Gasteiger partial charge in [-0.25, -0.2) is 8.42 Å². The Bertz CT molecular complexity index is 729. The van der Waals surface area contributed by atoms with Gasteiger partial charge in [-0.1, -0.05) is 35.9 Å². The van der Waals surface area contributed by atoms with Gasteiger partial charge in [0.25, 0.3) is 0 Å². The number of carbonyl (C=O) groups excluding carboxylic acids is 1. The van der Waals surface area contributed by atoms with Crippen LogP contribution in [0.25, 0.3) is 11.1 Å². The van der Waals surface area contributed by atoms with Gasteiger partial charge in [-0.2, -0.15) is 0 Å². The minimum absolute atomic E-state index is 0.297. The molecule has 0 atom stereocenters. The zero-order valence-corrected chi connectivity index (χ0v) is 12.3. The van der Waals surface area contributed by atoms with Gasteiger partial charge in [-0.15, -0.1) is 0 Å². The molecule has 0 bridgehead atoms. The first-order valence-electron chi connectivity index (χ1n) is 6.25. The summed E-state index contributed by atoms with van der Waals surface area (Å²) in [5, 5.41) is 0. The molecule has 3 nitrogen and oxygen atoms in total. The molecule has 0 saturated heterocycles. The van der Waals surface area contributed by atoms with Gasteiger partial charge in [-0.05, 0) is 35.7 Å². The maximum atomic E-state index is 11.5. The average Bonchev–Trinajstić information content (AvgIpc) is 2.40. The fourth-order valence-corrected chi connectivity index (χ4v) is 2.74. The van der Waals surface area contributed by atoms with Gasteiger partial charge in [0.05, 0.1) is 4.90 Å². The van der Waals surface area contributed by atoms with Crippen LogP contribution in [0, 0.1) is 6.92 Å². The van der Waals surface area contributed by atoms with E-state index in [-0.39, 0.29) is 0 Å². The van der Waals surface area contributed by atoms with Gasteiger partial charge in [-0.3, -0.25) is 0 Å². The van der Waals surface area contributed by atoms with E-state index in [9.17, 15) is 13.2 Å². The summed E-state index contributed by atoms with van der Waals surface area (Å²) in [6.45, 7) is 1.99. The maximum absolute atomic E-state index is 11.5.